The van der Waals surface area contributed by atoms with Gasteiger partial charge in [-0.05, 0) is 55.1 Å². The van der Waals surface area contributed by atoms with Crippen molar-refractivity contribution >= 4 is 5.91 Å². The average Bonchev–Trinajstić information content (AvgIpc) is 3.17. The van der Waals surface area contributed by atoms with Crippen LogP contribution in [-0.2, 0) is 17.6 Å². The number of hydrogen-bond acceptors (Lipinski definition) is 2. The molecule has 3 nitrogen and oxygen atoms in total. The number of benzene rings is 2. The zero-order chi connectivity index (χ0) is 21.2. The number of allylic oxidation sites excluding steroid dienone is 1. The third kappa shape index (κ3) is 7.14. The zero-order valence-corrected chi connectivity index (χ0v) is 18.1. The SMILES string of the molecule is CC1CC=CC1O.O=C(CCc1ccccc1)N1CCC(Cc2ccccc2)CC1. The first-order valence-electron chi connectivity index (χ1n) is 11.3. The molecule has 0 radical (unpaired) electrons. The first-order valence-corrected chi connectivity index (χ1v) is 11.3. The first-order chi connectivity index (χ1) is 14.6. The van der Waals surface area contributed by atoms with Crippen LogP contribution >= 0.6 is 0 Å². The van der Waals surface area contributed by atoms with Gasteiger partial charge in [-0.3, -0.25) is 4.79 Å². The zero-order valence-electron chi connectivity index (χ0n) is 18.1. The predicted molar refractivity (Wildman–Crippen MR) is 123 cm³/mol. The standard InChI is InChI=1S/C21H25NO.C6H10O/c23-21(12-11-18-7-3-1-4-8-18)22-15-13-20(14-16-22)17-19-9-5-2-6-10-19;1-5-3-2-4-6(5)7/h1-10,20H,11-17H2;2,4-7H,3H2,1H3. The Kier molecular flexibility index (Phi) is 8.70. The molecule has 1 aliphatic carbocycles. The number of likely N-dealkylation sites (tertiary alicyclic amines) is 1. The summed E-state index contributed by atoms with van der Waals surface area (Å²) in [6, 6.07) is 21.0. The molecule has 1 heterocycles. The normalized spacial score (nSPS) is 21.2. The quantitative estimate of drug-likeness (QED) is 0.708. The van der Waals surface area contributed by atoms with Gasteiger partial charge in [0.15, 0.2) is 0 Å². The molecule has 4 rings (SSSR count). The number of amides is 1. The summed E-state index contributed by atoms with van der Waals surface area (Å²) in [6.45, 7) is 3.89. The number of aryl methyl sites for hydroxylation is 1. The molecule has 1 amide bonds. The lowest BCUT2D eigenvalue weighted by Gasteiger charge is -2.32. The second-order valence-electron chi connectivity index (χ2n) is 8.63. The molecule has 3 heteroatoms. The van der Waals surface area contributed by atoms with Crippen LogP contribution in [0.15, 0.2) is 72.8 Å². The second kappa shape index (κ2) is 11.7. The van der Waals surface area contributed by atoms with Gasteiger partial charge < -0.3 is 10.0 Å². The van der Waals surface area contributed by atoms with E-state index in [0.29, 0.717) is 18.2 Å². The summed E-state index contributed by atoms with van der Waals surface area (Å²) in [4.78, 5) is 14.4. The summed E-state index contributed by atoms with van der Waals surface area (Å²) in [5.74, 6) is 1.49. The number of carbonyl (C=O) groups is 1. The topological polar surface area (TPSA) is 40.5 Å². The summed E-state index contributed by atoms with van der Waals surface area (Å²) in [5, 5.41) is 8.91. The van der Waals surface area contributed by atoms with Crippen molar-refractivity contribution in [1.29, 1.82) is 0 Å². The maximum absolute atomic E-state index is 12.4. The van der Waals surface area contributed by atoms with Crippen molar-refractivity contribution in [2.45, 2.75) is 51.6 Å². The molecule has 0 bridgehead atoms. The maximum atomic E-state index is 12.4. The van der Waals surface area contributed by atoms with E-state index in [1.54, 1.807) is 0 Å². The lowest BCUT2D eigenvalue weighted by atomic mass is 9.90. The Morgan fingerprint density at radius 3 is 2.07 bits per heavy atom. The van der Waals surface area contributed by atoms with Crippen molar-refractivity contribution < 1.29 is 9.90 Å². The van der Waals surface area contributed by atoms with Crippen molar-refractivity contribution in [3.05, 3.63) is 83.9 Å². The number of rotatable bonds is 5. The lowest BCUT2D eigenvalue weighted by molar-refractivity contribution is -0.132. The minimum atomic E-state index is -0.167. The molecule has 0 spiro atoms. The fourth-order valence-corrected chi connectivity index (χ4v) is 4.15. The largest absolute Gasteiger partial charge is 0.389 e. The molecule has 1 fully saturated rings. The first kappa shape index (κ1) is 22.3. The van der Waals surface area contributed by atoms with Gasteiger partial charge >= 0.3 is 0 Å². The molecule has 0 aromatic heterocycles. The monoisotopic (exact) mass is 405 g/mol. The van der Waals surface area contributed by atoms with Crippen LogP contribution in [-0.4, -0.2) is 35.1 Å². The molecule has 1 aliphatic heterocycles. The van der Waals surface area contributed by atoms with E-state index < -0.39 is 0 Å². The van der Waals surface area contributed by atoms with E-state index in [1.165, 1.54) is 11.1 Å². The molecule has 0 saturated carbocycles. The second-order valence-corrected chi connectivity index (χ2v) is 8.63. The van der Waals surface area contributed by atoms with Crippen LogP contribution in [0.2, 0.25) is 0 Å². The smallest absolute Gasteiger partial charge is 0.222 e. The third-order valence-corrected chi connectivity index (χ3v) is 6.23. The number of nitrogens with zero attached hydrogens (tertiary/aromatic N) is 1. The van der Waals surface area contributed by atoms with Crippen LogP contribution in [0, 0.1) is 11.8 Å². The van der Waals surface area contributed by atoms with Crippen LogP contribution in [0.25, 0.3) is 0 Å². The van der Waals surface area contributed by atoms with Gasteiger partial charge in [0.25, 0.3) is 0 Å². The minimum absolute atomic E-state index is 0.167. The van der Waals surface area contributed by atoms with Crippen molar-refractivity contribution in [3.63, 3.8) is 0 Å². The Labute approximate surface area is 181 Å². The van der Waals surface area contributed by atoms with E-state index >= 15 is 0 Å². The van der Waals surface area contributed by atoms with Crippen molar-refractivity contribution in [1.82, 2.24) is 4.90 Å². The van der Waals surface area contributed by atoms with Gasteiger partial charge in [-0.25, -0.2) is 0 Å². The van der Waals surface area contributed by atoms with Gasteiger partial charge in [-0.1, -0.05) is 79.7 Å². The van der Waals surface area contributed by atoms with Gasteiger partial charge in [0, 0.05) is 19.5 Å². The molecule has 2 aromatic rings. The van der Waals surface area contributed by atoms with E-state index in [9.17, 15) is 4.79 Å². The van der Waals surface area contributed by atoms with Gasteiger partial charge in [0.2, 0.25) is 5.91 Å². The van der Waals surface area contributed by atoms with E-state index in [2.05, 4.69) is 47.4 Å². The molecule has 2 atom stereocenters. The number of aliphatic hydroxyl groups excluding tert-OH is 1. The van der Waals surface area contributed by atoms with Crippen LogP contribution in [0.1, 0.15) is 43.7 Å². The summed E-state index contributed by atoms with van der Waals surface area (Å²) in [5.41, 5.74) is 2.67. The molecular weight excluding hydrogens is 370 g/mol. The van der Waals surface area contributed by atoms with Crippen LogP contribution in [0.4, 0.5) is 0 Å². The van der Waals surface area contributed by atoms with Gasteiger partial charge in [0.05, 0.1) is 6.10 Å². The Morgan fingerprint density at radius 1 is 0.967 bits per heavy atom. The fourth-order valence-electron chi connectivity index (χ4n) is 4.15. The molecule has 1 N–H and O–H groups in total. The summed E-state index contributed by atoms with van der Waals surface area (Å²) in [7, 11) is 0. The highest BCUT2D eigenvalue weighted by Gasteiger charge is 2.22. The Hall–Kier alpha value is -2.39. The van der Waals surface area contributed by atoms with Gasteiger partial charge in [-0.2, -0.15) is 0 Å². The average molecular weight is 406 g/mol. The van der Waals surface area contributed by atoms with Crippen LogP contribution < -0.4 is 0 Å². The van der Waals surface area contributed by atoms with E-state index in [1.807, 2.05) is 37.3 Å². The van der Waals surface area contributed by atoms with Crippen LogP contribution in [0.3, 0.4) is 0 Å². The third-order valence-electron chi connectivity index (χ3n) is 6.23. The molecule has 1 saturated heterocycles. The van der Waals surface area contributed by atoms with Crippen molar-refractivity contribution in [2.24, 2.45) is 11.8 Å². The van der Waals surface area contributed by atoms with Gasteiger partial charge in [0.1, 0.15) is 0 Å². The van der Waals surface area contributed by atoms with E-state index in [-0.39, 0.29) is 6.10 Å². The maximum Gasteiger partial charge on any atom is 0.222 e. The van der Waals surface area contributed by atoms with E-state index in [4.69, 9.17) is 5.11 Å². The van der Waals surface area contributed by atoms with Crippen molar-refractivity contribution in [2.75, 3.05) is 13.1 Å². The fraction of sp³-hybridized carbons (Fsp3) is 0.444. The summed E-state index contributed by atoms with van der Waals surface area (Å²) in [6.07, 6.45) is 9.64. The highest BCUT2D eigenvalue weighted by atomic mass is 16.3. The predicted octanol–water partition coefficient (Wildman–Crippen LogP) is 5.04. The number of piperidine rings is 1. The molecule has 2 aliphatic rings. The van der Waals surface area contributed by atoms with Gasteiger partial charge in [-0.15, -0.1) is 0 Å². The highest BCUT2D eigenvalue weighted by molar-refractivity contribution is 5.76. The molecule has 2 aromatic carbocycles. The Balaban J connectivity index is 0.000000310. The summed E-state index contributed by atoms with van der Waals surface area (Å²) >= 11 is 0. The molecule has 30 heavy (non-hydrogen) atoms. The number of aliphatic hydroxyl groups is 1. The van der Waals surface area contributed by atoms with Crippen molar-refractivity contribution in [3.8, 4) is 0 Å². The summed E-state index contributed by atoms with van der Waals surface area (Å²) < 4.78 is 0. The Bertz CT molecular complexity index is 779. The Morgan fingerprint density at radius 2 is 1.57 bits per heavy atom. The minimum Gasteiger partial charge on any atom is -0.389 e. The highest BCUT2D eigenvalue weighted by Crippen LogP contribution is 2.22. The van der Waals surface area contributed by atoms with Crippen LogP contribution in [0.5, 0.6) is 0 Å². The number of carbonyl (C=O) groups excluding carboxylic acids is 1. The lowest BCUT2D eigenvalue weighted by Crippen LogP contribution is -2.39. The molecule has 2 unspecified atom stereocenters. The molecule has 160 valence electrons. The molecular formula is C27H35NO2. The van der Waals surface area contributed by atoms with E-state index in [0.717, 1.165) is 51.1 Å². The number of hydrogen-bond donors (Lipinski definition) is 1.